The van der Waals surface area contributed by atoms with E-state index in [-0.39, 0.29) is 17.7 Å². The molecule has 0 spiro atoms. The Kier molecular flexibility index (Phi) is 7.53. The summed E-state index contributed by atoms with van der Waals surface area (Å²) in [6.45, 7) is 8.96. The molecule has 2 aliphatic heterocycles. The average Bonchev–Trinajstić information content (AvgIpc) is 3.29. The number of amides is 1. The summed E-state index contributed by atoms with van der Waals surface area (Å²) in [6.07, 6.45) is 4.52. The summed E-state index contributed by atoms with van der Waals surface area (Å²) < 4.78 is 32.9. The quantitative estimate of drug-likeness (QED) is 0.474. The predicted octanol–water partition coefficient (Wildman–Crippen LogP) is 5.16. The number of piperidine rings is 2. The molecule has 1 aromatic heterocycles. The number of halogens is 2. The van der Waals surface area contributed by atoms with E-state index in [0.29, 0.717) is 16.8 Å². The van der Waals surface area contributed by atoms with Crippen LogP contribution in [0.2, 0.25) is 0 Å². The van der Waals surface area contributed by atoms with Gasteiger partial charge in [0.15, 0.2) is 0 Å². The fraction of sp³-hybridized carbons (Fsp3) is 0.464. The smallest absolute Gasteiger partial charge is 0.267 e. The number of ether oxygens (including phenoxy) is 1. The van der Waals surface area contributed by atoms with Crippen LogP contribution in [0.1, 0.15) is 43.1 Å². The zero-order chi connectivity index (χ0) is 25.1. The molecule has 0 saturated carbocycles. The number of H-pyrrole nitrogens is 1. The number of fused-ring (bicyclic) bond motifs is 1. The van der Waals surface area contributed by atoms with Gasteiger partial charge >= 0.3 is 0 Å². The van der Waals surface area contributed by atoms with Crippen molar-refractivity contribution in [2.45, 2.75) is 38.6 Å². The van der Waals surface area contributed by atoms with Crippen LogP contribution in [0.5, 0.6) is 11.5 Å². The molecule has 192 valence electrons. The summed E-state index contributed by atoms with van der Waals surface area (Å²) in [4.78, 5) is 21.2. The van der Waals surface area contributed by atoms with Crippen molar-refractivity contribution in [3.8, 4) is 11.5 Å². The van der Waals surface area contributed by atoms with Crippen LogP contribution < -0.4 is 10.1 Å². The van der Waals surface area contributed by atoms with E-state index in [1.54, 1.807) is 18.2 Å². The number of aromatic nitrogens is 1. The average molecular weight is 497 g/mol. The Morgan fingerprint density at radius 3 is 2.53 bits per heavy atom. The van der Waals surface area contributed by atoms with Crippen molar-refractivity contribution in [2.24, 2.45) is 5.92 Å². The molecule has 0 radical (unpaired) electrons. The van der Waals surface area contributed by atoms with Crippen LogP contribution in [-0.4, -0.2) is 66.0 Å². The third kappa shape index (κ3) is 6.05. The largest absolute Gasteiger partial charge is 0.456 e. The number of nitrogens with zero attached hydrogens (tertiary/aromatic N) is 2. The first-order chi connectivity index (χ1) is 17.4. The minimum absolute atomic E-state index is 0.0637. The lowest BCUT2D eigenvalue weighted by Crippen LogP contribution is -2.47. The highest BCUT2D eigenvalue weighted by Crippen LogP contribution is 2.31. The van der Waals surface area contributed by atoms with E-state index >= 15 is 0 Å². The third-order valence-electron chi connectivity index (χ3n) is 7.33. The van der Waals surface area contributed by atoms with Gasteiger partial charge in [-0.1, -0.05) is 13.0 Å². The maximum Gasteiger partial charge on any atom is 0.267 e. The number of carbonyl (C=O) groups is 1. The summed E-state index contributed by atoms with van der Waals surface area (Å²) in [5.41, 5.74) is 1.16. The zero-order valence-electron chi connectivity index (χ0n) is 20.7. The van der Waals surface area contributed by atoms with Gasteiger partial charge in [-0.2, -0.15) is 0 Å². The highest BCUT2D eigenvalue weighted by Gasteiger charge is 2.23. The minimum Gasteiger partial charge on any atom is -0.456 e. The molecule has 1 unspecified atom stereocenters. The van der Waals surface area contributed by atoms with Gasteiger partial charge in [-0.25, -0.2) is 8.78 Å². The SMILES string of the molecule is CC1CCCN(CCN2CCC(NC(=O)c3cc4c(Oc5cc(F)cc(F)c5)cccc4[nH]3)CC2)C1. The molecule has 6 nitrogen and oxygen atoms in total. The second-order valence-corrected chi connectivity index (χ2v) is 10.2. The second kappa shape index (κ2) is 11.0. The zero-order valence-corrected chi connectivity index (χ0v) is 20.7. The monoisotopic (exact) mass is 496 g/mol. The lowest BCUT2D eigenvalue weighted by molar-refractivity contribution is 0.0898. The Morgan fingerprint density at radius 2 is 1.78 bits per heavy atom. The normalized spacial score (nSPS) is 20.0. The van der Waals surface area contributed by atoms with Crippen LogP contribution in [-0.2, 0) is 0 Å². The van der Waals surface area contributed by atoms with Crippen molar-refractivity contribution in [2.75, 3.05) is 39.3 Å². The van der Waals surface area contributed by atoms with Gasteiger partial charge in [0.2, 0.25) is 0 Å². The fourth-order valence-electron chi connectivity index (χ4n) is 5.39. The molecular formula is C28H34F2N4O2. The summed E-state index contributed by atoms with van der Waals surface area (Å²) in [7, 11) is 0. The number of likely N-dealkylation sites (tertiary alicyclic amines) is 2. The standard InChI is InChI=1S/C28H34F2N4O2/c1-19-4-3-9-34(18-19)13-12-33-10-7-22(8-11-33)31-28(35)26-17-24-25(32-26)5-2-6-27(24)36-23-15-20(29)14-21(30)16-23/h2,5-6,14-17,19,22,32H,3-4,7-13,18H2,1H3,(H,31,35). The topological polar surface area (TPSA) is 60.6 Å². The van der Waals surface area contributed by atoms with Crippen LogP contribution in [0.15, 0.2) is 42.5 Å². The number of hydrogen-bond donors (Lipinski definition) is 2. The molecule has 1 atom stereocenters. The van der Waals surface area contributed by atoms with Crippen LogP contribution >= 0.6 is 0 Å². The van der Waals surface area contributed by atoms with E-state index in [9.17, 15) is 13.6 Å². The van der Waals surface area contributed by atoms with E-state index in [0.717, 1.165) is 68.7 Å². The first-order valence-electron chi connectivity index (χ1n) is 12.9. The second-order valence-electron chi connectivity index (χ2n) is 10.2. The molecule has 2 fully saturated rings. The first kappa shape index (κ1) is 24.7. The minimum atomic E-state index is -0.710. The Morgan fingerprint density at radius 1 is 1.03 bits per heavy atom. The highest BCUT2D eigenvalue weighted by atomic mass is 19.1. The molecule has 5 rings (SSSR count). The van der Waals surface area contributed by atoms with Crippen molar-refractivity contribution < 1.29 is 18.3 Å². The van der Waals surface area contributed by atoms with E-state index in [2.05, 4.69) is 27.0 Å². The van der Waals surface area contributed by atoms with Crippen LogP contribution in [0, 0.1) is 17.6 Å². The van der Waals surface area contributed by atoms with Gasteiger partial charge in [0, 0.05) is 67.9 Å². The predicted molar refractivity (Wildman–Crippen MR) is 136 cm³/mol. The first-order valence-corrected chi connectivity index (χ1v) is 12.9. The molecule has 2 aliphatic rings. The molecule has 2 N–H and O–H groups in total. The van der Waals surface area contributed by atoms with Gasteiger partial charge in [0.1, 0.15) is 28.8 Å². The number of rotatable bonds is 7. The van der Waals surface area contributed by atoms with Gasteiger partial charge in [0.25, 0.3) is 5.91 Å². The Labute approximate surface area is 210 Å². The molecular weight excluding hydrogens is 462 g/mol. The number of hydrogen-bond acceptors (Lipinski definition) is 4. The molecule has 0 bridgehead atoms. The molecule has 3 heterocycles. The molecule has 3 aromatic rings. The van der Waals surface area contributed by atoms with E-state index in [1.807, 2.05) is 6.07 Å². The lowest BCUT2D eigenvalue weighted by Gasteiger charge is -2.36. The highest BCUT2D eigenvalue weighted by molar-refractivity contribution is 5.99. The molecule has 2 saturated heterocycles. The Balaban J connectivity index is 1.16. The Hall–Kier alpha value is -2.97. The number of carbonyl (C=O) groups excluding carboxylic acids is 1. The van der Waals surface area contributed by atoms with Crippen molar-refractivity contribution in [3.05, 3.63) is 59.8 Å². The molecule has 8 heteroatoms. The van der Waals surface area contributed by atoms with Crippen LogP contribution in [0.4, 0.5) is 8.78 Å². The van der Waals surface area contributed by atoms with Gasteiger partial charge in [-0.3, -0.25) is 4.79 Å². The molecule has 36 heavy (non-hydrogen) atoms. The van der Waals surface area contributed by atoms with Crippen molar-refractivity contribution in [1.82, 2.24) is 20.1 Å². The molecule has 2 aromatic carbocycles. The number of nitrogens with one attached hydrogen (secondary N) is 2. The van der Waals surface area contributed by atoms with Crippen molar-refractivity contribution in [1.29, 1.82) is 0 Å². The summed E-state index contributed by atoms with van der Waals surface area (Å²) >= 11 is 0. The summed E-state index contributed by atoms with van der Waals surface area (Å²) in [5, 5.41) is 3.84. The van der Waals surface area contributed by atoms with Gasteiger partial charge < -0.3 is 24.8 Å². The maximum atomic E-state index is 13.6. The van der Waals surface area contributed by atoms with Crippen molar-refractivity contribution >= 4 is 16.8 Å². The third-order valence-corrected chi connectivity index (χ3v) is 7.33. The maximum absolute atomic E-state index is 13.6. The van der Waals surface area contributed by atoms with E-state index in [4.69, 9.17) is 4.74 Å². The number of benzene rings is 2. The van der Waals surface area contributed by atoms with Crippen molar-refractivity contribution in [3.63, 3.8) is 0 Å². The van der Waals surface area contributed by atoms with Crippen LogP contribution in [0.25, 0.3) is 10.9 Å². The molecule has 1 amide bonds. The number of aromatic amines is 1. The van der Waals surface area contributed by atoms with E-state index in [1.165, 1.54) is 25.9 Å². The summed E-state index contributed by atoms with van der Waals surface area (Å²) in [6, 6.07) is 10.2. The molecule has 0 aliphatic carbocycles. The van der Waals surface area contributed by atoms with Gasteiger partial charge in [-0.05, 0) is 56.3 Å². The van der Waals surface area contributed by atoms with Gasteiger partial charge in [0.05, 0.1) is 0 Å². The fourth-order valence-corrected chi connectivity index (χ4v) is 5.39. The summed E-state index contributed by atoms with van der Waals surface area (Å²) in [5.74, 6) is -0.291. The van der Waals surface area contributed by atoms with Crippen LogP contribution in [0.3, 0.4) is 0 Å². The van der Waals surface area contributed by atoms with E-state index < -0.39 is 11.6 Å². The lowest BCUT2D eigenvalue weighted by atomic mass is 10.0. The van der Waals surface area contributed by atoms with Gasteiger partial charge in [-0.15, -0.1) is 0 Å². The Bertz CT molecular complexity index is 1190.